The van der Waals surface area contributed by atoms with Crippen LogP contribution >= 0.6 is 11.8 Å². The average molecular weight is 445 g/mol. The number of esters is 2. The van der Waals surface area contributed by atoms with Crippen molar-refractivity contribution < 1.29 is 28.7 Å². The molecule has 0 saturated heterocycles. The van der Waals surface area contributed by atoms with Gasteiger partial charge in [-0.3, -0.25) is 9.59 Å². The molecule has 0 aliphatic carbocycles. The third kappa shape index (κ3) is 7.45. The molecule has 0 aliphatic rings. The molecule has 0 aromatic heterocycles. The molecule has 0 fully saturated rings. The zero-order valence-electron chi connectivity index (χ0n) is 17.3. The van der Waals surface area contributed by atoms with Gasteiger partial charge in [-0.25, -0.2) is 9.59 Å². The van der Waals surface area contributed by atoms with Crippen molar-refractivity contribution >= 4 is 46.9 Å². The van der Waals surface area contributed by atoms with E-state index in [4.69, 9.17) is 9.47 Å². The van der Waals surface area contributed by atoms with Crippen molar-refractivity contribution in [2.75, 3.05) is 36.4 Å². The van der Waals surface area contributed by atoms with E-state index in [2.05, 4.69) is 10.6 Å². The van der Waals surface area contributed by atoms with Gasteiger partial charge in [-0.1, -0.05) is 24.3 Å². The van der Waals surface area contributed by atoms with E-state index in [-0.39, 0.29) is 35.8 Å². The summed E-state index contributed by atoms with van der Waals surface area (Å²) in [6.07, 6.45) is 0.458. The van der Waals surface area contributed by atoms with Crippen molar-refractivity contribution in [1.29, 1.82) is 0 Å². The molecule has 0 heterocycles. The van der Waals surface area contributed by atoms with Crippen LogP contribution in [0.15, 0.2) is 48.5 Å². The monoisotopic (exact) mass is 444 g/mol. The number of carbonyl (C=O) groups excluding carboxylic acids is 4. The Morgan fingerprint density at radius 1 is 0.710 bits per heavy atom. The molecular formula is C22H24N2O6S. The van der Waals surface area contributed by atoms with Crippen LogP contribution < -0.4 is 10.6 Å². The van der Waals surface area contributed by atoms with Crippen molar-refractivity contribution in [3.05, 3.63) is 59.7 Å². The molecule has 0 bridgehead atoms. The SMILES string of the molecule is COC(=O)c1ccccc1NC(=O)CCSCCC(=O)Nc1ccccc1C(=O)OC. The Morgan fingerprint density at radius 2 is 1.10 bits per heavy atom. The summed E-state index contributed by atoms with van der Waals surface area (Å²) in [5, 5.41) is 5.41. The Balaban J connectivity index is 1.73. The first-order valence-corrected chi connectivity index (χ1v) is 10.6. The van der Waals surface area contributed by atoms with E-state index in [1.165, 1.54) is 26.0 Å². The molecule has 2 rings (SSSR count). The van der Waals surface area contributed by atoms with Crippen LogP contribution in [0, 0.1) is 0 Å². The van der Waals surface area contributed by atoms with Crippen molar-refractivity contribution in [3.8, 4) is 0 Å². The van der Waals surface area contributed by atoms with Crippen LogP contribution in [0.3, 0.4) is 0 Å². The third-order valence-electron chi connectivity index (χ3n) is 4.16. The number of methoxy groups -OCH3 is 2. The lowest BCUT2D eigenvalue weighted by Crippen LogP contribution is -2.17. The Labute approximate surface area is 184 Å². The summed E-state index contributed by atoms with van der Waals surface area (Å²) < 4.78 is 9.41. The number of thioether (sulfide) groups is 1. The van der Waals surface area contributed by atoms with Gasteiger partial charge in [0, 0.05) is 24.3 Å². The molecule has 31 heavy (non-hydrogen) atoms. The van der Waals surface area contributed by atoms with E-state index < -0.39 is 11.9 Å². The van der Waals surface area contributed by atoms with Crippen molar-refractivity contribution in [2.45, 2.75) is 12.8 Å². The number of hydrogen-bond acceptors (Lipinski definition) is 7. The molecule has 0 spiro atoms. The van der Waals surface area contributed by atoms with E-state index in [0.29, 0.717) is 22.9 Å². The van der Waals surface area contributed by atoms with Crippen LogP contribution in [-0.4, -0.2) is 49.5 Å². The highest BCUT2D eigenvalue weighted by molar-refractivity contribution is 7.99. The van der Waals surface area contributed by atoms with Gasteiger partial charge in [0.05, 0.1) is 36.7 Å². The van der Waals surface area contributed by atoms with Gasteiger partial charge < -0.3 is 20.1 Å². The molecule has 0 atom stereocenters. The topological polar surface area (TPSA) is 111 Å². The van der Waals surface area contributed by atoms with Gasteiger partial charge in [-0.05, 0) is 24.3 Å². The van der Waals surface area contributed by atoms with Gasteiger partial charge in [0.15, 0.2) is 0 Å². The lowest BCUT2D eigenvalue weighted by atomic mass is 10.2. The summed E-state index contributed by atoms with van der Waals surface area (Å²) in [5.74, 6) is -0.494. The molecule has 0 unspecified atom stereocenters. The van der Waals surface area contributed by atoms with Gasteiger partial charge in [-0.15, -0.1) is 0 Å². The Bertz CT molecular complexity index is 872. The van der Waals surface area contributed by atoms with Crippen LogP contribution in [0.1, 0.15) is 33.6 Å². The number of para-hydroxylation sites is 2. The maximum Gasteiger partial charge on any atom is 0.339 e. The standard InChI is InChI=1S/C22H24N2O6S/c1-29-21(27)15-7-3-5-9-17(15)23-19(25)11-13-31-14-12-20(26)24-18-10-6-4-8-16(18)22(28)30-2/h3-10H,11-14H2,1-2H3,(H,23,25)(H,24,26). The summed E-state index contributed by atoms with van der Waals surface area (Å²) in [6.45, 7) is 0. The highest BCUT2D eigenvalue weighted by Gasteiger charge is 2.14. The zero-order valence-corrected chi connectivity index (χ0v) is 18.1. The molecule has 8 nitrogen and oxygen atoms in total. The fourth-order valence-electron chi connectivity index (χ4n) is 2.62. The predicted octanol–water partition coefficient (Wildman–Crippen LogP) is 3.35. The molecular weight excluding hydrogens is 420 g/mol. The predicted molar refractivity (Wildman–Crippen MR) is 119 cm³/mol. The number of rotatable bonds is 10. The largest absolute Gasteiger partial charge is 0.465 e. The van der Waals surface area contributed by atoms with Crippen LogP contribution in [0.2, 0.25) is 0 Å². The van der Waals surface area contributed by atoms with Crippen molar-refractivity contribution in [2.24, 2.45) is 0 Å². The Hall–Kier alpha value is -3.33. The van der Waals surface area contributed by atoms with Crippen LogP contribution in [0.5, 0.6) is 0 Å². The summed E-state index contributed by atoms with van der Waals surface area (Å²) in [4.78, 5) is 47.8. The van der Waals surface area contributed by atoms with Gasteiger partial charge in [-0.2, -0.15) is 11.8 Å². The summed E-state index contributed by atoms with van der Waals surface area (Å²) in [6, 6.07) is 13.2. The van der Waals surface area contributed by atoms with E-state index in [1.807, 2.05) is 0 Å². The van der Waals surface area contributed by atoms with Crippen LogP contribution in [0.4, 0.5) is 11.4 Å². The Kier molecular flexibility index (Phi) is 9.57. The maximum absolute atomic E-state index is 12.1. The smallest absolute Gasteiger partial charge is 0.339 e. The number of ether oxygens (including phenoxy) is 2. The summed E-state index contributed by atoms with van der Waals surface area (Å²) >= 11 is 1.46. The molecule has 0 radical (unpaired) electrons. The van der Waals surface area contributed by atoms with Gasteiger partial charge >= 0.3 is 11.9 Å². The lowest BCUT2D eigenvalue weighted by molar-refractivity contribution is -0.116. The number of amides is 2. The van der Waals surface area contributed by atoms with Crippen molar-refractivity contribution in [1.82, 2.24) is 0 Å². The first-order valence-electron chi connectivity index (χ1n) is 9.48. The molecule has 164 valence electrons. The number of hydrogen-bond donors (Lipinski definition) is 2. The molecule has 2 amide bonds. The normalized spacial score (nSPS) is 10.1. The Morgan fingerprint density at radius 3 is 1.48 bits per heavy atom. The quantitative estimate of drug-likeness (QED) is 0.427. The highest BCUT2D eigenvalue weighted by Crippen LogP contribution is 2.18. The van der Waals surface area contributed by atoms with Gasteiger partial charge in [0.2, 0.25) is 11.8 Å². The van der Waals surface area contributed by atoms with Gasteiger partial charge in [0.1, 0.15) is 0 Å². The molecule has 9 heteroatoms. The lowest BCUT2D eigenvalue weighted by Gasteiger charge is -2.10. The highest BCUT2D eigenvalue weighted by atomic mass is 32.2. The number of benzene rings is 2. The first kappa shape index (κ1) is 23.9. The van der Waals surface area contributed by atoms with Gasteiger partial charge in [0.25, 0.3) is 0 Å². The van der Waals surface area contributed by atoms with E-state index in [0.717, 1.165) is 0 Å². The van der Waals surface area contributed by atoms with E-state index in [1.54, 1.807) is 48.5 Å². The summed E-state index contributed by atoms with van der Waals surface area (Å²) in [7, 11) is 2.56. The molecule has 0 saturated carbocycles. The second-order valence-corrected chi connectivity index (χ2v) is 7.51. The minimum absolute atomic E-state index is 0.229. The molecule has 2 N–H and O–H groups in total. The van der Waals surface area contributed by atoms with Crippen LogP contribution in [-0.2, 0) is 19.1 Å². The third-order valence-corrected chi connectivity index (χ3v) is 5.15. The zero-order chi connectivity index (χ0) is 22.6. The fourth-order valence-corrected chi connectivity index (χ4v) is 3.48. The first-order chi connectivity index (χ1) is 15.0. The molecule has 2 aromatic carbocycles. The maximum atomic E-state index is 12.1. The average Bonchev–Trinajstić information content (AvgIpc) is 2.78. The fraction of sp³-hybridized carbons (Fsp3) is 0.273. The van der Waals surface area contributed by atoms with E-state index in [9.17, 15) is 19.2 Å². The number of carbonyl (C=O) groups is 4. The number of anilines is 2. The minimum atomic E-state index is -0.523. The molecule has 0 aliphatic heterocycles. The van der Waals surface area contributed by atoms with E-state index >= 15 is 0 Å². The second kappa shape index (κ2) is 12.4. The molecule has 2 aromatic rings. The second-order valence-electron chi connectivity index (χ2n) is 6.28. The summed E-state index contributed by atoms with van der Waals surface area (Å²) in [5.41, 5.74) is 1.37. The number of nitrogens with one attached hydrogen (secondary N) is 2. The minimum Gasteiger partial charge on any atom is -0.465 e. The van der Waals surface area contributed by atoms with Crippen molar-refractivity contribution in [3.63, 3.8) is 0 Å². The van der Waals surface area contributed by atoms with Crippen LogP contribution in [0.25, 0.3) is 0 Å².